The molecule has 1 aliphatic rings. The molecule has 0 aliphatic carbocycles. The second-order valence-corrected chi connectivity index (χ2v) is 12.0. The molecule has 38 heavy (non-hydrogen) atoms. The lowest BCUT2D eigenvalue weighted by Gasteiger charge is -2.36. The van der Waals surface area contributed by atoms with Crippen molar-refractivity contribution in [2.75, 3.05) is 0 Å². The number of hydrogen-bond donors (Lipinski definition) is 0. The van der Waals surface area contributed by atoms with Crippen molar-refractivity contribution >= 4 is 6.16 Å². The van der Waals surface area contributed by atoms with Gasteiger partial charge in [0.2, 0.25) is 5.70 Å². The van der Waals surface area contributed by atoms with E-state index in [1.807, 2.05) is 27.7 Å². The lowest BCUT2D eigenvalue weighted by molar-refractivity contribution is -0.429. The van der Waals surface area contributed by atoms with Crippen LogP contribution in [0.1, 0.15) is 128 Å². The first-order valence-corrected chi connectivity index (χ1v) is 14.4. The molecule has 0 N–H and O–H groups in total. The Morgan fingerprint density at radius 1 is 1.00 bits per heavy atom. The summed E-state index contributed by atoms with van der Waals surface area (Å²) < 4.78 is 17.4. The number of nitrogens with zero attached hydrogens (tertiary/aromatic N) is 1. The number of allylic oxidation sites excluding steroid dienone is 1. The summed E-state index contributed by atoms with van der Waals surface area (Å²) >= 11 is 0. The highest BCUT2D eigenvalue weighted by molar-refractivity contribution is 5.69. The first-order chi connectivity index (χ1) is 17.8. The van der Waals surface area contributed by atoms with Gasteiger partial charge in [-0.25, -0.2) is 4.79 Å². The van der Waals surface area contributed by atoms with Crippen LogP contribution in [0.25, 0.3) is 0 Å². The number of nitro groups is 1. The topological polar surface area (TPSA) is 87.9 Å². The normalized spacial score (nSPS) is 17.5. The summed E-state index contributed by atoms with van der Waals surface area (Å²) in [7, 11) is 0. The Morgan fingerprint density at radius 2 is 1.58 bits per heavy atom. The molecule has 2 rings (SSSR count). The quantitative estimate of drug-likeness (QED) is 0.0829. The van der Waals surface area contributed by atoms with E-state index in [0.717, 1.165) is 47.3 Å². The maximum absolute atomic E-state index is 12.4. The molecule has 1 aromatic rings. The van der Waals surface area contributed by atoms with Gasteiger partial charge < -0.3 is 14.2 Å². The van der Waals surface area contributed by atoms with Crippen molar-refractivity contribution in [2.24, 2.45) is 0 Å². The number of hydrogen-bond acceptors (Lipinski definition) is 6. The molecule has 0 radical (unpaired) electrons. The first-order valence-electron chi connectivity index (χ1n) is 14.4. The lowest BCUT2D eigenvalue weighted by Crippen LogP contribution is -2.36. The predicted octanol–water partition coefficient (Wildman–Crippen LogP) is 9.09. The molecule has 0 amide bonds. The summed E-state index contributed by atoms with van der Waals surface area (Å²) in [5.74, 6) is 1.22. The molecule has 1 heterocycles. The zero-order valence-electron chi connectivity index (χ0n) is 25.0. The van der Waals surface area contributed by atoms with Gasteiger partial charge in [-0.1, -0.05) is 58.3 Å². The first kappa shape index (κ1) is 31.6. The van der Waals surface area contributed by atoms with Crippen molar-refractivity contribution in [3.63, 3.8) is 0 Å². The van der Waals surface area contributed by atoms with Gasteiger partial charge in [0.25, 0.3) is 0 Å². The molecule has 1 unspecified atom stereocenters. The van der Waals surface area contributed by atoms with Crippen molar-refractivity contribution in [3.8, 4) is 11.5 Å². The Balaban J connectivity index is 2.10. The van der Waals surface area contributed by atoms with E-state index in [2.05, 4.69) is 6.92 Å². The number of carbonyl (C=O) groups excluding carboxylic acids is 1. The SMILES string of the molecule is CCCCCCCCCCC/C(=C\C1(C)CCc2c(C)c(OC(=O)OC(C)(C)C)c(C)c(C)c2O1)[N+](=O)[O-]. The van der Waals surface area contributed by atoms with E-state index in [-0.39, 0.29) is 10.6 Å². The maximum atomic E-state index is 12.4. The molecule has 1 atom stereocenters. The summed E-state index contributed by atoms with van der Waals surface area (Å²) in [6.45, 7) is 15.3. The Hall–Kier alpha value is -2.57. The lowest BCUT2D eigenvalue weighted by atomic mass is 9.86. The monoisotopic (exact) mass is 531 g/mol. The fourth-order valence-corrected chi connectivity index (χ4v) is 5.05. The smallest absolute Gasteiger partial charge is 0.483 e. The number of carbonyl (C=O) groups is 1. The van der Waals surface area contributed by atoms with E-state index >= 15 is 0 Å². The van der Waals surface area contributed by atoms with Crippen molar-refractivity contribution in [1.29, 1.82) is 0 Å². The van der Waals surface area contributed by atoms with Gasteiger partial charge in [0.1, 0.15) is 22.7 Å². The highest BCUT2D eigenvalue weighted by Gasteiger charge is 2.36. The third-order valence-electron chi connectivity index (χ3n) is 7.34. The zero-order chi connectivity index (χ0) is 28.5. The second-order valence-electron chi connectivity index (χ2n) is 12.0. The van der Waals surface area contributed by atoms with Crippen LogP contribution in [-0.4, -0.2) is 22.3 Å². The maximum Gasteiger partial charge on any atom is 0.514 e. The standard InChI is InChI=1S/C31H49NO6/c1-9-10-11-12-13-14-15-16-17-18-25(32(34)35)21-31(8)20-19-26-24(4)27(22(2)23(3)28(26)37-31)36-29(33)38-30(5,6)7/h21H,9-20H2,1-8H3/b25-21+. The van der Waals surface area contributed by atoms with Gasteiger partial charge in [-0.2, -0.15) is 0 Å². The molecule has 1 aliphatic heterocycles. The van der Waals surface area contributed by atoms with E-state index in [4.69, 9.17) is 14.2 Å². The minimum absolute atomic E-state index is 0.231. The molecule has 0 bridgehead atoms. The zero-order valence-corrected chi connectivity index (χ0v) is 25.0. The van der Waals surface area contributed by atoms with Crippen molar-refractivity contribution < 1.29 is 23.9 Å². The third kappa shape index (κ3) is 9.32. The van der Waals surface area contributed by atoms with Gasteiger partial charge in [0.15, 0.2) is 0 Å². The second kappa shape index (κ2) is 14.0. The number of rotatable bonds is 13. The van der Waals surface area contributed by atoms with Crippen LogP contribution in [-0.2, 0) is 11.2 Å². The fourth-order valence-electron chi connectivity index (χ4n) is 5.05. The van der Waals surface area contributed by atoms with Crippen LogP contribution in [0.5, 0.6) is 11.5 Å². The Labute approximate surface area is 229 Å². The Morgan fingerprint density at radius 3 is 2.13 bits per heavy atom. The minimum Gasteiger partial charge on any atom is -0.483 e. The van der Waals surface area contributed by atoms with Crippen LogP contribution in [0, 0.1) is 30.9 Å². The van der Waals surface area contributed by atoms with Crippen LogP contribution >= 0.6 is 0 Å². The van der Waals surface area contributed by atoms with E-state index in [1.54, 1.807) is 26.8 Å². The molecule has 0 aromatic heterocycles. The van der Waals surface area contributed by atoms with E-state index in [0.29, 0.717) is 25.0 Å². The molecule has 7 heteroatoms. The summed E-state index contributed by atoms with van der Waals surface area (Å²) in [6.07, 6.45) is 13.3. The van der Waals surface area contributed by atoms with Gasteiger partial charge in [-0.3, -0.25) is 10.1 Å². The molecule has 0 saturated carbocycles. The highest BCUT2D eigenvalue weighted by Crippen LogP contribution is 2.44. The Bertz CT molecular complexity index is 1010. The molecule has 1 aromatic carbocycles. The number of ether oxygens (including phenoxy) is 3. The third-order valence-corrected chi connectivity index (χ3v) is 7.34. The summed E-state index contributed by atoms with van der Waals surface area (Å²) in [4.78, 5) is 24.0. The molecule has 0 saturated heterocycles. The van der Waals surface area contributed by atoms with Gasteiger partial charge in [-0.15, -0.1) is 0 Å². The van der Waals surface area contributed by atoms with Gasteiger partial charge in [-0.05, 0) is 84.4 Å². The van der Waals surface area contributed by atoms with Crippen molar-refractivity contribution in [1.82, 2.24) is 0 Å². The minimum atomic E-state index is -0.772. The molecule has 0 fully saturated rings. The van der Waals surface area contributed by atoms with Crippen LogP contribution in [0.2, 0.25) is 0 Å². The van der Waals surface area contributed by atoms with Crippen LogP contribution < -0.4 is 9.47 Å². The van der Waals surface area contributed by atoms with Crippen molar-refractivity contribution in [3.05, 3.63) is 44.1 Å². The molecule has 214 valence electrons. The van der Waals surface area contributed by atoms with E-state index < -0.39 is 17.4 Å². The number of unbranched alkanes of at least 4 members (excludes halogenated alkanes) is 8. The summed E-state index contributed by atoms with van der Waals surface area (Å²) in [6, 6.07) is 0. The van der Waals surface area contributed by atoms with E-state index in [1.165, 1.54) is 38.5 Å². The number of fused-ring (bicyclic) bond motifs is 1. The summed E-state index contributed by atoms with van der Waals surface area (Å²) in [5, 5.41) is 11.9. The number of benzene rings is 1. The van der Waals surface area contributed by atoms with Gasteiger partial charge in [0.05, 0.1) is 4.92 Å². The highest BCUT2D eigenvalue weighted by atomic mass is 16.7. The molecular formula is C31H49NO6. The van der Waals surface area contributed by atoms with Gasteiger partial charge >= 0.3 is 6.16 Å². The Kier molecular flexibility index (Phi) is 11.7. The average Bonchev–Trinajstić information content (AvgIpc) is 2.82. The predicted molar refractivity (Wildman–Crippen MR) is 152 cm³/mol. The summed E-state index contributed by atoms with van der Waals surface area (Å²) in [5.41, 5.74) is 2.28. The van der Waals surface area contributed by atoms with E-state index in [9.17, 15) is 14.9 Å². The van der Waals surface area contributed by atoms with Gasteiger partial charge in [0, 0.05) is 18.1 Å². The molecule has 7 nitrogen and oxygen atoms in total. The van der Waals surface area contributed by atoms with Crippen LogP contribution in [0.15, 0.2) is 11.8 Å². The van der Waals surface area contributed by atoms with Crippen LogP contribution in [0.4, 0.5) is 4.79 Å². The fraction of sp³-hybridized carbons (Fsp3) is 0.710. The molecular weight excluding hydrogens is 482 g/mol. The van der Waals surface area contributed by atoms with Crippen LogP contribution in [0.3, 0.4) is 0 Å². The van der Waals surface area contributed by atoms with Crippen molar-refractivity contribution in [2.45, 2.75) is 144 Å². The molecule has 0 spiro atoms. The average molecular weight is 532 g/mol. The largest absolute Gasteiger partial charge is 0.514 e.